The van der Waals surface area contributed by atoms with Gasteiger partial charge >= 0.3 is 0 Å². The molecule has 0 radical (unpaired) electrons. The van der Waals surface area contributed by atoms with E-state index in [1.54, 1.807) is 17.5 Å². The molecule has 0 saturated carbocycles. The molecule has 18 heavy (non-hydrogen) atoms. The minimum Gasteiger partial charge on any atom is -0.245 e. The van der Waals surface area contributed by atoms with E-state index >= 15 is 0 Å². The summed E-state index contributed by atoms with van der Waals surface area (Å²) in [5.41, 5.74) is 0.908. The molecule has 0 aliphatic rings. The summed E-state index contributed by atoms with van der Waals surface area (Å²) in [6, 6.07) is 3.39. The summed E-state index contributed by atoms with van der Waals surface area (Å²) in [6.45, 7) is 6.21. The first kappa shape index (κ1) is 13.7. The fraction of sp³-hybridized carbons (Fsp3) is 0.417. The normalized spacial score (nSPS) is 12.8. The molecular formula is C12H15NO2S3. The third kappa shape index (κ3) is 2.99. The zero-order valence-electron chi connectivity index (χ0n) is 10.5. The summed E-state index contributed by atoms with van der Waals surface area (Å²) in [5.74, 6) is -0.00569. The molecule has 3 nitrogen and oxygen atoms in total. The summed E-state index contributed by atoms with van der Waals surface area (Å²) in [4.78, 5) is 4.42. The van der Waals surface area contributed by atoms with Crippen molar-refractivity contribution in [1.29, 1.82) is 0 Å². The van der Waals surface area contributed by atoms with Gasteiger partial charge in [0, 0.05) is 10.8 Å². The predicted octanol–water partition coefficient (Wildman–Crippen LogP) is 3.48. The van der Waals surface area contributed by atoms with E-state index in [4.69, 9.17) is 0 Å². The Hall–Kier alpha value is -0.720. The van der Waals surface area contributed by atoms with Gasteiger partial charge in [-0.15, -0.1) is 22.7 Å². The Morgan fingerprint density at radius 2 is 2.00 bits per heavy atom. The molecule has 98 valence electrons. The maximum absolute atomic E-state index is 12.1. The third-order valence-corrected chi connectivity index (χ3v) is 6.58. The molecule has 0 amide bonds. The van der Waals surface area contributed by atoms with Crippen molar-refractivity contribution in [3.63, 3.8) is 0 Å². The van der Waals surface area contributed by atoms with Crippen molar-refractivity contribution in [3.8, 4) is 0 Å². The zero-order chi connectivity index (χ0) is 13.4. The van der Waals surface area contributed by atoms with E-state index in [2.05, 4.69) is 25.8 Å². The smallest absolute Gasteiger partial charge is 0.194 e. The van der Waals surface area contributed by atoms with Gasteiger partial charge in [-0.1, -0.05) is 26.8 Å². The van der Waals surface area contributed by atoms with Crippen LogP contribution in [-0.4, -0.2) is 13.4 Å². The molecule has 2 aromatic heterocycles. The molecule has 6 heteroatoms. The number of hydrogen-bond acceptors (Lipinski definition) is 5. The molecule has 0 spiro atoms. The molecule has 0 aliphatic heterocycles. The van der Waals surface area contributed by atoms with E-state index in [9.17, 15) is 8.42 Å². The van der Waals surface area contributed by atoms with E-state index in [1.165, 1.54) is 22.7 Å². The van der Waals surface area contributed by atoms with Gasteiger partial charge in [0.1, 0.15) is 15.0 Å². The van der Waals surface area contributed by atoms with Crippen LogP contribution in [-0.2, 0) is 21.0 Å². The molecule has 0 aromatic carbocycles. The van der Waals surface area contributed by atoms with E-state index in [-0.39, 0.29) is 11.2 Å². The van der Waals surface area contributed by atoms with Crippen molar-refractivity contribution in [2.24, 2.45) is 0 Å². The van der Waals surface area contributed by atoms with Crippen LogP contribution in [0, 0.1) is 0 Å². The van der Waals surface area contributed by atoms with Crippen molar-refractivity contribution in [2.75, 3.05) is 0 Å². The second-order valence-corrected chi connectivity index (χ2v) is 9.17. The zero-order valence-corrected chi connectivity index (χ0v) is 13.0. The number of sulfone groups is 1. The van der Waals surface area contributed by atoms with Gasteiger partial charge in [0.15, 0.2) is 9.84 Å². The minimum absolute atomic E-state index is 0.00569. The Labute approximate surface area is 115 Å². The van der Waals surface area contributed by atoms with Crippen LogP contribution in [0.25, 0.3) is 0 Å². The van der Waals surface area contributed by atoms with Gasteiger partial charge in [-0.3, -0.25) is 0 Å². The Balaban J connectivity index is 2.23. The van der Waals surface area contributed by atoms with Crippen LogP contribution in [0.1, 0.15) is 31.5 Å². The van der Waals surface area contributed by atoms with Crippen molar-refractivity contribution in [3.05, 3.63) is 33.6 Å². The van der Waals surface area contributed by atoms with Crippen LogP contribution in [0.5, 0.6) is 0 Å². The summed E-state index contributed by atoms with van der Waals surface area (Å²) < 4.78 is 24.6. The predicted molar refractivity (Wildman–Crippen MR) is 76.0 cm³/mol. The van der Waals surface area contributed by atoms with Gasteiger partial charge in [0.25, 0.3) is 0 Å². The van der Waals surface area contributed by atoms with Crippen LogP contribution >= 0.6 is 22.7 Å². The van der Waals surface area contributed by atoms with E-state index in [1.807, 2.05) is 5.38 Å². The van der Waals surface area contributed by atoms with Gasteiger partial charge in [-0.05, 0) is 11.4 Å². The second-order valence-electron chi connectivity index (χ2n) is 5.07. The number of thiazole rings is 1. The van der Waals surface area contributed by atoms with Crippen LogP contribution in [0.2, 0.25) is 0 Å². The molecule has 0 bridgehead atoms. The Morgan fingerprint density at radius 3 is 2.50 bits per heavy atom. The SMILES string of the molecule is CC(C)(C)c1csc(CS(=O)(=O)c2cccs2)n1. The molecule has 0 saturated heterocycles. The maximum Gasteiger partial charge on any atom is 0.194 e. The summed E-state index contributed by atoms with van der Waals surface area (Å²) >= 11 is 2.67. The van der Waals surface area contributed by atoms with E-state index in [0.29, 0.717) is 9.22 Å². The maximum atomic E-state index is 12.1. The molecule has 0 N–H and O–H groups in total. The van der Waals surface area contributed by atoms with E-state index in [0.717, 1.165) is 5.69 Å². The lowest BCUT2D eigenvalue weighted by atomic mass is 9.93. The summed E-state index contributed by atoms with van der Waals surface area (Å²) in [7, 11) is -3.24. The monoisotopic (exact) mass is 301 g/mol. The Bertz CT molecular complexity index is 619. The number of rotatable bonds is 3. The van der Waals surface area contributed by atoms with Crippen LogP contribution in [0.4, 0.5) is 0 Å². The van der Waals surface area contributed by atoms with Crippen LogP contribution in [0.15, 0.2) is 27.1 Å². The number of hydrogen-bond donors (Lipinski definition) is 0. The van der Waals surface area contributed by atoms with Gasteiger partial charge in [-0.25, -0.2) is 13.4 Å². The van der Waals surface area contributed by atoms with Crippen molar-refractivity contribution < 1.29 is 8.42 Å². The highest BCUT2D eigenvalue weighted by Crippen LogP contribution is 2.27. The highest BCUT2D eigenvalue weighted by molar-refractivity contribution is 7.92. The molecule has 0 aliphatic carbocycles. The fourth-order valence-corrected chi connectivity index (χ4v) is 5.13. The average molecular weight is 301 g/mol. The standard InChI is InChI=1S/C12H15NO2S3/c1-12(2,3)9-7-17-10(13-9)8-18(14,15)11-5-4-6-16-11/h4-7H,8H2,1-3H3. The number of aromatic nitrogens is 1. The third-order valence-electron chi connectivity index (χ3n) is 2.44. The molecule has 0 unspecified atom stereocenters. The topological polar surface area (TPSA) is 47.0 Å². The first-order valence-electron chi connectivity index (χ1n) is 5.50. The van der Waals surface area contributed by atoms with Crippen molar-refractivity contribution >= 4 is 32.5 Å². The fourth-order valence-electron chi connectivity index (χ4n) is 1.40. The average Bonchev–Trinajstić information content (AvgIpc) is 2.83. The highest BCUT2D eigenvalue weighted by atomic mass is 32.2. The molecule has 2 aromatic rings. The Morgan fingerprint density at radius 1 is 1.28 bits per heavy atom. The molecule has 0 fully saturated rings. The van der Waals surface area contributed by atoms with Gasteiger partial charge in [0.05, 0.1) is 5.69 Å². The minimum atomic E-state index is -3.24. The lowest BCUT2D eigenvalue weighted by molar-refractivity contribution is 0.570. The second kappa shape index (κ2) is 4.75. The first-order chi connectivity index (χ1) is 8.29. The van der Waals surface area contributed by atoms with Crippen LogP contribution < -0.4 is 0 Å². The number of nitrogens with zero attached hydrogens (tertiary/aromatic N) is 1. The van der Waals surface area contributed by atoms with E-state index < -0.39 is 9.84 Å². The summed E-state index contributed by atoms with van der Waals surface area (Å²) in [5, 5.41) is 4.38. The largest absolute Gasteiger partial charge is 0.245 e. The Kier molecular flexibility index (Phi) is 3.62. The lowest BCUT2D eigenvalue weighted by Gasteiger charge is -2.14. The van der Waals surface area contributed by atoms with Gasteiger partial charge in [0.2, 0.25) is 0 Å². The lowest BCUT2D eigenvalue weighted by Crippen LogP contribution is -2.12. The molecule has 0 atom stereocenters. The summed E-state index contributed by atoms with van der Waals surface area (Å²) in [6.07, 6.45) is 0. The van der Waals surface area contributed by atoms with Gasteiger partial charge in [-0.2, -0.15) is 0 Å². The molecular weight excluding hydrogens is 286 g/mol. The van der Waals surface area contributed by atoms with Gasteiger partial charge < -0.3 is 0 Å². The van der Waals surface area contributed by atoms with Crippen molar-refractivity contribution in [2.45, 2.75) is 36.1 Å². The molecule has 2 heterocycles. The highest BCUT2D eigenvalue weighted by Gasteiger charge is 2.21. The van der Waals surface area contributed by atoms with Crippen molar-refractivity contribution in [1.82, 2.24) is 4.98 Å². The quantitative estimate of drug-likeness (QED) is 0.872. The molecule has 2 rings (SSSR count). The number of thiophene rings is 1. The first-order valence-corrected chi connectivity index (χ1v) is 8.91. The van der Waals surface area contributed by atoms with Crippen LogP contribution in [0.3, 0.4) is 0 Å².